The van der Waals surface area contributed by atoms with E-state index in [0.717, 1.165) is 48.3 Å². The predicted molar refractivity (Wildman–Crippen MR) is 111 cm³/mol. The van der Waals surface area contributed by atoms with E-state index >= 15 is 0 Å². The Hall–Kier alpha value is -2.40. The maximum atomic E-state index is 5.62. The van der Waals surface area contributed by atoms with Gasteiger partial charge >= 0.3 is 0 Å². The maximum Gasteiger partial charge on any atom is 0.161 e. The zero-order valence-corrected chi connectivity index (χ0v) is 17.7. The lowest BCUT2D eigenvalue weighted by atomic mass is 9.79. The first-order valence-electron chi connectivity index (χ1n) is 10.4. The van der Waals surface area contributed by atoms with Crippen molar-refractivity contribution in [3.05, 3.63) is 46.5 Å². The van der Waals surface area contributed by atoms with Gasteiger partial charge in [0.05, 0.1) is 28.4 Å². The van der Waals surface area contributed by atoms with Gasteiger partial charge in [-0.05, 0) is 78.1 Å². The molecular weight excluding hydrogens is 366 g/mol. The predicted octanol–water partition coefficient (Wildman–Crippen LogP) is 4.33. The lowest BCUT2D eigenvalue weighted by molar-refractivity contribution is 0.0919. The molecule has 154 valence electrons. The van der Waals surface area contributed by atoms with Crippen molar-refractivity contribution < 1.29 is 18.9 Å². The third kappa shape index (κ3) is 2.94. The van der Waals surface area contributed by atoms with E-state index in [1.807, 2.05) is 0 Å². The first kappa shape index (κ1) is 18.6. The molecule has 0 radical (unpaired) electrons. The molecule has 5 nitrogen and oxygen atoms in total. The molecule has 1 aliphatic carbocycles. The van der Waals surface area contributed by atoms with Crippen LogP contribution in [0.2, 0.25) is 0 Å². The number of hydrogen-bond donors (Lipinski definition) is 0. The van der Waals surface area contributed by atoms with E-state index in [4.69, 9.17) is 18.9 Å². The van der Waals surface area contributed by atoms with Crippen molar-refractivity contribution in [2.45, 2.75) is 37.8 Å². The molecule has 2 atom stereocenters. The SMILES string of the molecule is COc1cc2c(cc1OC)[C@H]1Cc3cc(OC)c(OC)cc3[C@@H](C3CC3)N1CC2. The molecule has 1 fully saturated rings. The van der Waals surface area contributed by atoms with Gasteiger partial charge in [-0.25, -0.2) is 0 Å². The lowest BCUT2D eigenvalue weighted by Gasteiger charge is -2.47. The van der Waals surface area contributed by atoms with Crippen molar-refractivity contribution in [3.8, 4) is 23.0 Å². The molecule has 3 aliphatic rings. The molecule has 5 heteroatoms. The van der Waals surface area contributed by atoms with Gasteiger partial charge in [0.15, 0.2) is 23.0 Å². The molecule has 0 N–H and O–H groups in total. The number of fused-ring (bicyclic) bond motifs is 4. The smallest absolute Gasteiger partial charge is 0.161 e. The average molecular weight is 395 g/mol. The topological polar surface area (TPSA) is 40.2 Å². The molecule has 2 aromatic carbocycles. The number of nitrogens with zero attached hydrogens (tertiary/aromatic N) is 1. The highest BCUT2D eigenvalue weighted by atomic mass is 16.5. The van der Waals surface area contributed by atoms with Crippen molar-refractivity contribution in [2.75, 3.05) is 35.0 Å². The molecular formula is C24H29NO4. The first-order valence-corrected chi connectivity index (χ1v) is 10.4. The van der Waals surface area contributed by atoms with E-state index in [-0.39, 0.29) is 0 Å². The molecule has 0 aromatic heterocycles. The zero-order valence-electron chi connectivity index (χ0n) is 17.7. The van der Waals surface area contributed by atoms with E-state index in [0.29, 0.717) is 12.1 Å². The van der Waals surface area contributed by atoms with Crippen LogP contribution < -0.4 is 18.9 Å². The molecule has 5 rings (SSSR count). The van der Waals surface area contributed by atoms with E-state index in [2.05, 4.69) is 29.2 Å². The fourth-order valence-corrected chi connectivity index (χ4v) is 5.32. The van der Waals surface area contributed by atoms with Crippen molar-refractivity contribution in [3.63, 3.8) is 0 Å². The Labute approximate surface area is 172 Å². The third-order valence-electron chi connectivity index (χ3n) is 6.85. The number of rotatable bonds is 5. The lowest BCUT2D eigenvalue weighted by Crippen LogP contribution is -2.43. The van der Waals surface area contributed by atoms with Crippen LogP contribution in [-0.4, -0.2) is 39.9 Å². The van der Waals surface area contributed by atoms with Gasteiger partial charge in [-0.15, -0.1) is 0 Å². The van der Waals surface area contributed by atoms with E-state index in [1.165, 1.54) is 35.1 Å². The largest absolute Gasteiger partial charge is 0.493 e. The van der Waals surface area contributed by atoms with Crippen LogP contribution in [-0.2, 0) is 12.8 Å². The molecule has 1 saturated carbocycles. The molecule has 0 amide bonds. The first-order chi connectivity index (χ1) is 14.2. The third-order valence-corrected chi connectivity index (χ3v) is 6.85. The number of ether oxygens (including phenoxy) is 4. The Kier molecular flexibility index (Phi) is 4.58. The van der Waals surface area contributed by atoms with E-state index in [9.17, 15) is 0 Å². The fourth-order valence-electron chi connectivity index (χ4n) is 5.32. The van der Waals surface area contributed by atoms with Crippen molar-refractivity contribution >= 4 is 0 Å². The molecule has 29 heavy (non-hydrogen) atoms. The normalized spacial score (nSPS) is 22.9. The fraction of sp³-hybridized carbons (Fsp3) is 0.500. The molecule has 0 saturated heterocycles. The summed E-state index contributed by atoms with van der Waals surface area (Å²) in [5.41, 5.74) is 5.55. The summed E-state index contributed by atoms with van der Waals surface area (Å²) in [6, 6.07) is 9.58. The zero-order chi connectivity index (χ0) is 20.1. The highest BCUT2D eigenvalue weighted by Crippen LogP contribution is 2.55. The van der Waals surface area contributed by atoms with Gasteiger partial charge in [-0.3, -0.25) is 4.90 Å². The Balaban J connectivity index is 1.63. The minimum atomic E-state index is 0.356. The highest BCUT2D eigenvalue weighted by Gasteiger charge is 2.45. The minimum Gasteiger partial charge on any atom is -0.493 e. The van der Waals surface area contributed by atoms with Crippen LogP contribution in [0, 0.1) is 5.92 Å². The van der Waals surface area contributed by atoms with Crippen LogP contribution in [0.25, 0.3) is 0 Å². The minimum absolute atomic E-state index is 0.356. The van der Waals surface area contributed by atoms with Gasteiger partial charge in [-0.2, -0.15) is 0 Å². The van der Waals surface area contributed by atoms with Gasteiger partial charge in [0.2, 0.25) is 0 Å². The summed E-state index contributed by atoms with van der Waals surface area (Å²) in [6.45, 7) is 1.07. The van der Waals surface area contributed by atoms with Gasteiger partial charge in [0, 0.05) is 18.6 Å². The summed E-state index contributed by atoms with van der Waals surface area (Å²) in [4.78, 5) is 2.72. The van der Waals surface area contributed by atoms with Gasteiger partial charge < -0.3 is 18.9 Å². The van der Waals surface area contributed by atoms with Crippen LogP contribution in [0.3, 0.4) is 0 Å². The van der Waals surface area contributed by atoms with Gasteiger partial charge in [0.1, 0.15) is 0 Å². The van der Waals surface area contributed by atoms with Gasteiger partial charge in [0.25, 0.3) is 0 Å². The Morgan fingerprint density at radius 1 is 0.724 bits per heavy atom. The quantitative estimate of drug-likeness (QED) is 0.754. The number of methoxy groups -OCH3 is 4. The van der Waals surface area contributed by atoms with E-state index in [1.54, 1.807) is 28.4 Å². The summed E-state index contributed by atoms with van der Waals surface area (Å²) in [5, 5.41) is 0. The van der Waals surface area contributed by atoms with Crippen LogP contribution in [0.1, 0.15) is 47.2 Å². The molecule has 2 aliphatic heterocycles. The van der Waals surface area contributed by atoms with Crippen LogP contribution in [0.15, 0.2) is 24.3 Å². The molecule has 0 bridgehead atoms. The standard InChI is InChI=1S/C24H29NO4/c1-26-20-10-15-7-8-25-19(17(15)12-22(20)28-3)9-16-11-21(27-2)23(29-4)13-18(16)24(25)14-5-6-14/h10-14,19,24H,5-9H2,1-4H3/t19-,24-/m1/s1. The monoisotopic (exact) mass is 395 g/mol. The Morgan fingerprint density at radius 2 is 1.28 bits per heavy atom. The van der Waals surface area contributed by atoms with Crippen molar-refractivity contribution in [1.82, 2.24) is 4.90 Å². The molecule has 0 unspecified atom stereocenters. The van der Waals surface area contributed by atoms with Crippen LogP contribution in [0.4, 0.5) is 0 Å². The second-order valence-electron chi connectivity index (χ2n) is 8.30. The van der Waals surface area contributed by atoms with Crippen LogP contribution >= 0.6 is 0 Å². The molecule has 2 heterocycles. The average Bonchev–Trinajstić information content (AvgIpc) is 3.60. The van der Waals surface area contributed by atoms with Crippen LogP contribution in [0.5, 0.6) is 23.0 Å². The highest BCUT2D eigenvalue weighted by molar-refractivity contribution is 5.54. The summed E-state index contributed by atoms with van der Waals surface area (Å²) in [7, 11) is 6.85. The molecule has 2 aromatic rings. The Bertz CT molecular complexity index is 937. The van der Waals surface area contributed by atoms with Crippen molar-refractivity contribution in [1.29, 1.82) is 0 Å². The maximum absolute atomic E-state index is 5.62. The van der Waals surface area contributed by atoms with Crippen molar-refractivity contribution in [2.24, 2.45) is 5.92 Å². The summed E-state index contributed by atoms with van der Waals surface area (Å²) in [6.07, 6.45) is 4.63. The number of hydrogen-bond acceptors (Lipinski definition) is 5. The number of benzene rings is 2. The second kappa shape index (κ2) is 7.13. The summed E-state index contributed by atoms with van der Waals surface area (Å²) >= 11 is 0. The van der Waals surface area contributed by atoms with Gasteiger partial charge in [-0.1, -0.05) is 0 Å². The summed E-state index contributed by atoms with van der Waals surface area (Å²) < 4.78 is 22.4. The summed E-state index contributed by atoms with van der Waals surface area (Å²) in [5.74, 6) is 4.02. The second-order valence-corrected chi connectivity index (χ2v) is 8.30. The molecule has 0 spiro atoms. The van der Waals surface area contributed by atoms with E-state index < -0.39 is 0 Å². The Morgan fingerprint density at radius 3 is 1.86 bits per heavy atom.